The molecule has 2 heterocycles. The maximum atomic E-state index is 12.9. The average Bonchev–Trinajstić information content (AvgIpc) is 3.11. The molecule has 0 aliphatic rings. The van der Waals surface area contributed by atoms with E-state index in [4.69, 9.17) is 0 Å². The van der Waals surface area contributed by atoms with Crippen molar-refractivity contribution in [1.29, 1.82) is 0 Å². The van der Waals surface area contributed by atoms with Gasteiger partial charge in [-0.05, 0) is 50.4 Å². The molecule has 1 aromatic carbocycles. The fraction of sp³-hybridized carbons (Fsp3) is 0.211. The van der Waals surface area contributed by atoms with Gasteiger partial charge in [-0.15, -0.1) is 0 Å². The molecule has 0 bridgehead atoms. The van der Waals surface area contributed by atoms with Crippen LogP contribution in [0.5, 0.6) is 0 Å². The number of hydrogen-bond acceptors (Lipinski definition) is 4. The van der Waals surface area contributed by atoms with Gasteiger partial charge in [0, 0.05) is 30.7 Å². The number of nitrogens with zero attached hydrogens (tertiary/aromatic N) is 3. The van der Waals surface area contributed by atoms with E-state index in [1.165, 1.54) is 3.97 Å². The van der Waals surface area contributed by atoms with Gasteiger partial charge in [-0.25, -0.2) is 12.4 Å². The van der Waals surface area contributed by atoms with Crippen LogP contribution in [0.1, 0.15) is 24.4 Å². The minimum absolute atomic E-state index is 0.0731. The lowest BCUT2D eigenvalue weighted by Gasteiger charge is -2.24. The van der Waals surface area contributed by atoms with Crippen molar-refractivity contribution in [1.82, 2.24) is 13.9 Å². The molecule has 6 heteroatoms. The maximum Gasteiger partial charge on any atom is 0.267 e. The number of aromatic nitrogens is 2. The summed E-state index contributed by atoms with van der Waals surface area (Å²) in [6, 6.07) is 18.0. The summed E-state index contributed by atoms with van der Waals surface area (Å²) in [6.07, 6.45) is 3.36. The first-order valence-corrected chi connectivity index (χ1v) is 9.52. The van der Waals surface area contributed by atoms with E-state index in [2.05, 4.69) is 16.8 Å². The van der Waals surface area contributed by atoms with E-state index in [0.29, 0.717) is 12.2 Å². The predicted octanol–water partition coefficient (Wildman–Crippen LogP) is 3.31. The van der Waals surface area contributed by atoms with E-state index in [-0.39, 0.29) is 10.9 Å². The normalized spacial score (nSPS) is 13.1. The summed E-state index contributed by atoms with van der Waals surface area (Å²) in [7, 11) is -1.62. The van der Waals surface area contributed by atoms with Gasteiger partial charge in [0.2, 0.25) is 0 Å². The molecule has 0 radical (unpaired) electrons. The molecule has 3 aromatic rings. The van der Waals surface area contributed by atoms with E-state index in [1.54, 1.807) is 48.8 Å². The number of hydrogen-bond donors (Lipinski definition) is 0. The third kappa shape index (κ3) is 3.65. The lowest BCUT2D eigenvalue weighted by Crippen LogP contribution is -2.25. The molecule has 25 heavy (non-hydrogen) atoms. The molecule has 3 rings (SSSR count). The molecule has 0 saturated heterocycles. The zero-order valence-corrected chi connectivity index (χ0v) is 15.1. The molecule has 0 spiro atoms. The van der Waals surface area contributed by atoms with Crippen molar-refractivity contribution < 1.29 is 8.42 Å². The van der Waals surface area contributed by atoms with Crippen LogP contribution < -0.4 is 0 Å². The van der Waals surface area contributed by atoms with Crippen LogP contribution >= 0.6 is 0 Å². The van der Waals surface area contributed by atoms with E-state index >= 15 is 0 Å². The van der Waals surface area contributed by atoms with Gasteiger partial charge in [0.1, 0.15) is 0 Å². The lowest BCUT2D eigenvalue weighted by atomic mass is 10.2. The van der Waals surface area contributed by atoms with Crippen molar-refractivity contribution in [2.75, 3.05) is 7.05 Å². The Bertz CT molecular complexity index is 922. The first-order chi connectivity index (χ1) is 12.0. The van der Waals surface area contributed by atoms with Crippen LogP contribution in [-0.4, -0.2) is 29.3 Å². The first-order valence-electron chi connectivity index (χ1n) is 8.08. The molecule has 0 saturated carbocycles. The number of benzene rings is 1. The highest BCUT2D eigenvalue weighted by molar-refractivity contribution is 7.90. The summed E-state index contributed by atoms with van der Waals surface area (Å²) >= 11 is 0. The molecule has 0 aliphatic heterocycles. The number of rotatable bonds is 6. The van der Waals surface area contributed by atoms with Gasteiger partial charge in [0.15, 0.2) is 0 Å². The zero-order chi connectivity index (χ0) is 17.9. The second-order valence-electron chi connectivity index (χ2n) is 5.96. The van der Waals surface area contributed by atoms with Crippen molar-refractivity contribution in [2.24, 2.45) is 0 Å². The van der Waals surface area contributed by atoms with Crippen molar-refractivity contribution in [3.05, 3.63) is 84.4 Å². The molecular weight excluding hydrogens is 334 g/mol. The van der Waals surface area contributed by atoms with Crippen LogP contribution in [0.15, 0.2) is 78.0 Å². The fourth-order valence-electron chi connectivity index (χ4n) is 2.71. The van der Waals surface area contributed by atoms with Gasteiger partial charge in [-0.3, -0.25) is 9.88 Å². The van der Waals surface area contributed by atoms with Crippen LogP contribution in [0.3, 0.4) is 0 Å². The molecule has 130 valence electrons. The van der Waals surface area contributed by atoms with Gasteiger partial charge in [0.05, 0.1) is 10.6 Å². The highest BCUT2D eigenvalue weighted by atomic mass is 32.2. The molecular formula is C19H21N3O2S. The Kier molecular flexibility index (Phi) is 5.01. The van der Waals surface area contributed by atoms with Gasteiger partial charge < -0.3 is 0 Å². The largest absolute Gasteiger partial charge is 0.292 e. The molecule has 0 fully saturated rings. The quantitative estimate of drug-likeness (QED) is 0.681. The summed E-state index contributed by atoms with van der Waals surface area (Å²) < 4.78 is 27.1. The molecule has 5 nitrogen and oxygen atoms in total. The molecule has 2 aromatic heterocycles. The lowest BCUT2D eigenvalue weighted by molar-refractivity contribution is 0.245. The van der Waals surface area contributed by atoms with Crippen molar-refractivity contribution >= 4 is 10.0 Å². The maximum absolute atomic E-state index is 12.9. The Balaban J connectivity index is 1.85. The van der Waals surface area contributed by atoms with Crippen LogP contribution in [0, 0.1) is 0 Å². The molecule has 1 atom stereocenters. The van der Waals surface area contributed by atoms with Gasteiger partial charge in [0.25, 0.3) is 10.0 Å². The van der Waals surface area contributed by atoms with Crippen molar-refractivity contribution in [2.45, 2.75) is 24.4 Å². The Hall–Kier alpha value is -2.44. The topological polar surface area (TPSA) is 55.2 Å². The number of pyridine rings is 1. The van der Waals surface area contributed by atoms with E-state index in [1.807, 2.05) is 31.3 Å². The van der Waals surface area contributed by atoms with E-state index in [0.717, 1.165) is 5.69 Å². The van der Waals surface area contributed by atoms with Gasteiger partial charge in [-0.2, -0.15) is 0 Å². The Morgan fingerprint density at radius 2 is 1.76 bits per heavy atom. The highest BCUT2D eigenvalue weighted by Crippen LogP contribution is 2.21. The SMILES string of the molecule is C[C@H](c1ccccn1)N(C)Cc1cccn1S(=O)(=O)c1ccccc1. The van der Waals surface area contributed by atoms with Crippen LogP contribution in [0.4, 0.5) is 0 Å². The average molecular weight is 355 g/mol. The van der Waals surface area contributed by atoms with Gasteiger partial charge in [-0.1, -0.05) is 24.3 Å². The Labute approximate surface area is 148 Å². The Morgan fingerprint density at radius 3 is 2.44 bits per heavy atom. The van der Waals surface area contributed by atoms with Crippen molar-refractivity contribution in [3.8, 4) is 0 Å². The fourth-order valence-corrected chi connectivity index (χ4v) is 4.09. The second kappa shape index (κ2) is 7.21. The van der Waals surface area contributed by atoms with Gasteiger partial charge >= 0.3 is 0 Å². The first kappa shape index (κ1) is 17.4. The van der Waals surface area contributed by atoms with Crippen molar-refractivity contribution in [3.63, 3.8) is 0 Å². The molecule has 0 N–H and O–H groups in total. The highest BCUT2D eigenvalue weighted by Gasteiger charge is 2.21. The third-order valence-electron chi connectivity index (χ3n) is 4.28. The monoisotopic (exact) mass is 355 g/mol. The van der Waals surface area contributed by atoms with E-state index in [9.17, 15) is 8.42 Å². The second-order valence-corrected chi connectivity index (χ2v) is 7.77. The summed E-state index contributed by atoms with van der Waals surface area (Å²) in [5.74, 6) is 0. The van der Waals surface area contributed by atoms with Crippen LogP contribution in [0.2, 0.25) is 0 Å². The standard InChI is InChI=1S/C19H21N3O2S/c1-16(19-12-6-7-13-20-19)21(2)15-17-9-8-14-22(17)25(23,24)18-10-4-3-5-11-18/h3-14,16H,15H2,1-2H3/t16-/m1/s1. The summed E-state index contributed by atoms with van der Waals surface area (Å²) in [6.45, 7) is 2.55. The third-order valence-corrected chi connectivity index (χ3v) is 6.02. The molecule has 0 amide bonds. The minimum Gasteiger partial charge on any atom is -0.292 e. The Morgan fingerprint density at radius 1 is 1.04 bits per heavy atom. The molecule has 0 aliphatic carbocycles. The summed E-state index contributed by atoms with van der Waals surface area (Å²) in [5.41, 5.74) is 1.67. The zero-order valence-electron chi connectivity index (χ0n) is 14.3. The summed E-state index contributed by atoms with van der Waals surface area (Å²) in [4.78, 5) is 6.74. The smallest absolute Gasteiger partial charge is 0.267 e. The minimum atomic E-state index is -3.59. The van der Waals surface area contributed by atoms with Crippen LogP contribution in [-0.2, 0) is 16.6 Å². The predicted molar refractivity (Wildman–Crippen MR) is 97.6 cm³/mol. The van der Waals surface area contributed by atoms with E-state index < -0.39 is 10.0 Å². The van der Waals surface area contributed by atoms with Crippen LogP contribution in [0.25, 0.3) is 0 Å². The summed E-state index contributed by atoms with van der Waals surface area (Å²) in [5, 5.41) is 0. The molecule has 0 unspecified atom stereocenters.